The van der Waals surface area contributed by atoms with Crippen LogP contribution in [-0.4, -0.2) is 24.0 Å². The molecule has 7 heteroatoms. The molecule has 21 heavy (non-hydrogen) atoms. The lowest BCUT2D eigenvalue weighted by molar-refractivity contribution is -0.120. The highest BCUT2D eigenvalue weighted by atomic mass is 32.1. The highest BCUT2D eigenvalue weighted by Crippen LogP contribution is 2.14. The van der Waals surface area contributed by atoms with E-state index in [1.807, 2.05) is 29.6 Å². The fourth-order valence-corrected chi connectivity index (χ4v) is 2.33. The molecular weight excluding hydrogens is 288 g/mol. The van der Waals surface area contributed by atoms with Crippen LogP contribution >= 0.6 is 11.3 Å². The predicted octanol–water partition coefficient (Wildman–Crippen LogP) is 0.922. The standard InChI is InChI=1S/C14H18N4O2S/c15-4-5-20-12-3-1-2-10(6-12)7-13(19)17-8-11-9-21-14(16)18-11/h1-3,6,9H,4-5,7-8,15H2,(H2,16,18)(H,17,19). The minimum absolute atomic E-state index is 0.0717. The van der Waals surface area contributed by atoms with Crippen molar-refractivity contribution in [1.82, 2.24) is 10.3 Å². The van der Waals surface area contributed by atoms with Gasteiger partial charge in [-0.05, 0) is 17.7 Å². The number of nitrogens with two attached hydrogens (primary N) is 2. The highest BCUT2D eigenvalue weighted by molar-refractivity contribution is 7.13. The van der Waals surface area contributed by atoms with Crippen LogP contribution in [0.1, 0.15) is 11.3 Å². The maximum Gasteiger partial charge on any atom is 0.224 e. The Morgan fingerprint density at radius 2 is 2.29 bits per heavy atom. The monoisotopic (exact) mass is 306 g/mol. The number of carbonyl (C=O) groups excluding carboxylic acids is 1. The summed E-state index contributed by atoms with van der Waals surface area (Å²) < 4.78 is 5.43. The van der Waals surface area contributed by atoms with Crippen LogP contribution in [0.15, 0.2) is 29.6 Å². The van der Waals surface area contributed by atoms with Crippen molar-refractivity contribution in [2.45, 2.75) is 13.0 Å². The molecule has 0 saturated carbocycles. The van der Waals surface area contributed by atoms with E-state index in [-0.39, 0.29) is 5.91 Å². The molecule has 0 aliphatic heterocycles. The van der Waals surface area contributed by atoms with Gasteiger partial charge in [-0.2, -0.15) is 0 Å². The summed E-state index contributed by atoms with van der Waals surface area (Å²) >= 11 is 1.36. The number of carbonyl (C=O) groups is 1. The zero-order valence-electron chi connectivity index (χ0n) is 11.5. The Morgan fingerprint density at radius 3 is 3.00 bits per heavy atom. The molecule has 1 aromatic heterocycles. The molecule has 0 aliphatic carbocycles. The summed E-state index contributed by atoms with van der Waals surface area (Å²) in [4.78, 5) is 16.0. The van der Waals surface area contributed by atoms with Gasteiger partial charge in [-0.15, -0.1) is 11.3 Å². The first-order chi connectivity index (χ1) is 10.2. The summed E-state index contributed by atoms with van der Waals surface area (Å²) in [5, 5.41) is 5.15. The molecular formula is C14H18N4O2S. The van der Waals surface area contributed by atoms with Gasteiger partial charge in [0.1, 0.15) is 12.4 Å². The molecule has 0 radical (unpaired) electrons. The van der Waals surface area contributed by atoms with Crippen molar-refractivity contribution >= 4 is 22.4 Å². The molecule has 5 N–H and O–H groups in total. The van der Waals surface area contributed by atoms with Gasteiger partial charge in [0.25, 0.3) is 0 Å². The molecule has 0 bridgehead atoms. The zero-order chi connectivity index (χ0) is 15.1. The van der Waals surface area contributed by atoms with Crippen LogP contribution in [0, 0.1) is 0 Å². The Kier molecular flexibility index (Phi) is 5.53. The normalized spacial score (nSPS) is 10.3. The lowest BCUT2D eigenvalue weighted by Crippen LogP contribution is -2.24. The number of hydrogen-bond acceptors (Lipinski definition) is 6. The molecule has 0 saturated heterocycles. The molecule has 1 amide bonds. The predicted molar refractivity (Wildman–Crippen MR) is 83.1 cm³/mol. The quantitative estimate of drug-likeness (QED) is 0.706. The number of hydrogen-bond donors (Lipinski definition) is 3. The van der Waals surface area contributed by atoms with Gasteiger partial charge < -0.3 is 21.5 Å². The summed E-state index contributed by atoms with van der Waals surface area (Å²) in [6, 6.07) is 7.43. The van der Waals surface area contributed by atoms with Crippen LogP contribution in [0.4, 0.5) is 5.13 Å². The van der Waals surface area contributed by atoms with E-state index in [1.165, 1.54) is 11.3 Å². The van der Waals surface area contributed by atoms with E-state index < -0.39 is 0 Å². The second kappa shape index (κ2) is 7.61. The first-order valence-electron chi connectivity index (χ1n) is 6.56. The van der Waals surface area contributed by atoms with E-state index in [2.05, 4.69) is 10.3 Å². The molecule has 6 nitrogen and oxygen atoms in total. The minimum atomic E-state index is -0.0717. The summed E-state index contributed by atoms with van der Waals surface area (Å²) in [5.41, 5.74) is 12.6. The minimum Gasteiger partial charge on any atom is -0.492 e. The molecule has 2 aromatic rings. The van der Waals surface area contributed by atoms with Crippen molar-refractivity contribution in [2.75, 3.05) is 18.9 Å². The van der Waals surface area contributed by atoms with Gasteiger partial charge in [-0.3, -0.25) is 4.79 Å². The van der Waals surface area contributed by atoms with Gasteiger partial charge in [-0.25, -0.2) is 4.98 Å². The van der Waals surface area contributed by atoms with Gasteiger partial charge in [0.05, 0.1) is 18.7 Å². The molecule has 0 fully saturated rings. The molecule has 0 spiro atoms. The largest absolute Gasteiger partial charge is 0.492 e. The number of anilines is 1. The number of amides is 1. The maximum atomic E-state index is 11.9. The fraction of sp³-hybridized carbons (Fsp3) is 0.286. The number of nitrogens with one attached hydrogen (secondary N) is 1. The number of nitrogens with zero attached hydrogens (tertiary/aromatic N) is 1. The SMILES string of the molecule is NCCOc1cccc(CC(=O)NCc2csc(N)n2)c1. The number of benzene rings is 1. The van der Waals surface area contributed by atoms with Crippen LogP contribution in [0.2, 0.25) is 0 Å². The Labute approximate surface area is 127 Å². The van der Waals surface area contributed by atoms with Crippen LogP contribution in [0.3, 0.4) is 0 Å². The number of aromatic nitrogens is 1. The molecule has 2 rings (SSSR count). The van der Waals surface area contributed by atoms with Crippen molar-refractivity contribution in [3.05, 3.63) is 40.9 Å². The Balaban J connectivity index is 1.84. The number of rotatable bonds is 7. The third-order valence-corrected chi connectivity index (χ3v) is 3.41. The Hall–Kier alpha value is -2.12. The topological polar surface area (TPSA) is 103 Å². The van der Waals surface area contributed by atoms with Crippen molar-refractivity contribution in [2.24, 2.45) is 5.73 Å². The molecule has 112 valence electrons. The van der Waals surface area contributed by atoms with Gasteiger partial charge in [-0.1, -0.05) is 12.1 Å². The molecule has 0 atom stereocenters. The number of nitrogen functional groups attached to an aromatic ring is 1. The molecule has 0 unspecified atom stereocenters. The van der Waals surface area contributed by atoms with E-state index in [4.69, 9.17) is 16.2 Å². The fourth-order valence-electron chi connectivity index (χ4n) is 1.76. The average Bonchev–Trinajstić information content (AvgIpc) is 2.89. The third-order valence-electron chi connectivity index (χ3n) is 2.69. The van der Waals surface area contributed by atoms with Crippen LogP contribution < -0.4 is 21.5 Å². The van der Waals surface area contributed by atoms with E-state index in [0.29, 0.717) is 31.2 Å². The molecule has 1 aromatic carbocycles. The molecule has 1 heterocycles. The van der Waals surface area contributed by atoms with Crippen LogP contribution in [-0.2, 0) is 17.8 Å². The second-order valence-electron chi connectivity index (χ2n) is 4.42. The van der Waals surface area contributed by atoms with E-state index >= 15 is 0 Å². The third kappa shape index (κ3) is 5.05. The van der Waals surface area contributed by atoms with Crippen molar-refractivity contribution in [3.8, 4) is 5.75 Å². The summed E-state index contributed by atoms with van der Waals surface area (Å²) in [6.45, 7) is 1.30. The Bertz CT molecular complexity index is 600. The van der Waals surface area contributed by atoms with E-state index in [9.17, 15) is 4.79 Å². The smallest absolute Gasteiger partial charge is 0.224 e. The van der Waals surface area contributed by atoms with Crippen LogP contribution in [0.25, 0.3) is 0 Å². The van der Waals surface area contributed by atoms with Gasteiger partial charge in [0.15, 0.2) is 5.13 Å². The maximum absolute atomic E-state index is 11.9. The Morgan fingerprint density at radius 1 is 1.43 bits per heavy atom. The highest BCUT2D eigenvalue weighted by Gasteiger charge is 2.06. The lowest BCUT2D eigenvalue weighted by atomic mass is 10.1. The first kappa shape index (κ1) is 15.3. The summed E-state index contributed by atoms with van der Waals surface area (Å²) in [6.07, 6.45) is 0.291. The van der Waals surface area contributed by atoms with Crippen molar-refractivity contribution in [1.29, 1.82) is 0 Å². The number of thiazole rings is 1. The zero-order valence-corrected chi connectivity index (χ0v) is 12.4. The average molecular weight is 306 g/mol. The van der Waals surface area contributed by atoms with E-state index in [1.54, 1.807) is 0 Å². The van der Waals surface area contributed by atoms with Gasteiger partial charge in [0, 0.05) is 11.9 Å². The van der Waals surface area contributed by atoms with Crippen molar-refractivity contribution < 1.29 is 9.53 Å². The first-order valence-corrected chi connectivity index (χ1v) is 7.43. The number of ether oxygens (including phenoxy) is 1. The van der Waals surface area contributed by atoms with Gasteiger partial charge in [0.2, 0.25) is 5.91 Å². The summed E-state index contributed by atoms with van der Waals surface area (Å²) in [5.74, 6) is 0.649. The van der Waals surface area contributed by atoms with Crippen molar-refractivity contribution in [3.63, 3.8) is 0 Å². The second-order valence-corrected chi connectivity index (χ2v) is 5.30. The van der Waals surface area contributed by atoms with E-state index in [0.717, 1.165) is 17.0 Å². The lowest BCUT2D eigenvalue weighted by Gasteiger charge is -2.07. The molecule has 0 aliphatic rings. The summed E-state index contributed by atoms with van der Waals surface area (Å²) in [7, 11) is 0. The van der Waals surface area contributed by atoms with Crippen LogP contribution in [0.5, 0.6) is 5.75 Å². The van der Waals surface area contributed by atoms with Gasteiger partial charge >= 0.3 is 0 Å².